The van der Waals surface area contributed by atoms with Gasteiger partial charge in [-0.3, -0.25) is 4.79 Å². The number of rotatable bonds is 7. The highest BCUT2D eigenvalue weighted by Crippen LogP contribution is 2.16. The third-order valence-electron chi connectivity index (χ3n) is 3.13. The number of nitrogens with two attached hydrogens (primary N) is 1. The van der Waals surface area contributed by atoms with Crippen LogP contribution in [0.4, 0.5) is 0 Å². The highest BCUT2D eigenvalue weighted by Gasteiger charge is 2.05. The molecule has 0 aromatic heterocycles. The van der Waals surface area contributed by atoms with Gasteiger partial charge in [0.15, 0.2) is 0 Å². The molecule has 3 N–H and O–H groups in total. The largest absolute Gasteiger partial charge is 0.493 e. The summed E-state index contributed by atoms with van der Waals surface area (Å²) in [5.74, 6) is 1.12. The molecule has 0 aliphatic heterocycles. The minimum absolute atomic E-state index is 0.00383. The Morgan fingerprint density at radius 1 is 1.37 bits per heavy atom. The summed E-state index contributed by atoms with van der Waals surface area (Å²) in [6, 6.07) is 5.94. The molecular formula is C15H24N2O2. The van der Waals surface area contributed by atoms with Gasteiger partial charge in [0.05, 0.1) is 13.0 Å². The predicted octanol–water partition coefficient (Wildman–Crippen LogP) is 1.78. The van der Waals surface area contributed by atoms with Gasteiger partial charge in [0, 0.05) is 6.54 Å². The Morgan fingerprint density at radius 3 is 2.74 bits per heavy atom. The van der Waals surface area contributed by atoms with Crippen molar-refractivity contribution in [3.05, 3.63) is 29.3 Å². The van der Waals surface area contributed by atoms with Gasteiger partial charge in [0.1, 0.15) is 5.75 Å². The Balaban J connectivity index is 2.26. The molecule has 0 heterocycles. The molecule has 1 aromatic rings. The van der Waals surface area contributed by atoms with Crippen molar-refractivity contribution in [2.24, 2.45) is 11.7 Å². The van der Waals surface area contributed by atoms with Gasteiger partial charge in [-0.15, -0.1) is 0 Å². The molecule has 1 amide bonds. The van der Waals surface area contributed by atoms with Crippen LogP contribution in [-0.4, -0.2) is 25.6 Å². The van der Waals surface area contributed by atoms with Crippen molar-refractivity contribution in [3.63, 3.8) is 0 Å². The van der Waals surface area contributed by atoms with Crippen LogP contribution in [0.25, 0.3) is 0 Å². The van der Waals surface area contributed by atoms with Crippen molar-refractivity contribution in [2.45, 2.75) is 27.2 Å². The van der Waals surface area contributed by atoms with Crippen molar-refractivity contribution < 1.29 is 9.53 Å². The normalized spacial score (nSPS) is 12.0. The highest BCUT2D eigenvalue weighted by atomic mass is 16.5. The van der Waals surface area contributed by atoms with E-state index in [1.807, 2.05) is 32.0 Å². The fourth-order valence-electron chi connectivity index (χ4n) is 1.53. The number of carbonyl (C=O) groups excluding carboxylic acids is 1. The summed E-state index contributed by atoms with van der Waals surface area (Å²) in [6.07, 6.45) is 0.365. The molecule has 0 aliphatic carbocycles. The van der Waals surface area contributed by atoms with Crippen LogP contribution in [0.1, 0.15) is 24.5 Å². The Morgan fingerprint density at radius 2 is 2.11 bits per heavy atom. The fraction of sp³-hybridized carbons (Fsp3) is 0.533. The first-order valence-corrected chi connectivity index (χ1v) is 6.69. The van der Waals surface area contributed by atoms with Crippen molar-refractivity contribution in [1.29, 1.82) is 0 Å². The standard InChI is InChI=1S/C15H24N2O2/c1-11(9-16)10-17-15(18)6-7-19-14-5-4-12(2)13(3)8-14/h4-5,8,11H,6-7,9-10,16H2,1-3H3,(H,17,18). The number of ether oxygens (including phenoxy) is 1. The summed E-state index contributed by atoms with van der Waals surface area (Å²) < 4.78 is 5.56. The molecule has 0 bridgehead atoms. The molecule has 0 radical (unpaired) electrons. The molecule has 0 aliphatic rings. The lowest BCUT2D eigenvalue weighted by atomic mass is 10.1. The highest BCUT2D eigenvalue weighted by molar-refractivity contribution is 5.75. The predicted molar refractivity (Wildman–Crippen MR) is 77.3 cm³/mol. The van der Waals surface area contributed by atoms with E-state index in [4.69, 9.17) is 10.5 Å². The Hall–Kier alpha value is -1.55. The van der Waals surface area contributed by atoms with Gasteiger partial charge in [-0.05, 0) is 49.6 Å². The van der Waals surface area contributed by atoms with E-state index in [0.717, 1.165) is 5.75 Å². The second-order valence-corrected chi connectivity index (χ2v) is 4.99. The van der Waals surface area contributed by atoms with Gasteiger partial charge in [-0.25, -0.2) is 0 Å². The first-order chi connectivity index (χ1) is 9.02. The van der Waals surface area contributed by atoms with E-state index < -0.39 is 0 Å². The minimum Gasteiger partial charge on any atom is -0.493 e. The summed E-state index contributed by atoms with van der Waals surface area (Å²) in [4.78, 5) is 11.5. The number of hydrogen-bond acceptors (Lipinski definition) is 3. The van der Waals surface area contributed by atoms with Gasteiger partial charge in [0.2, 0.25) is 5.91 Å². The third-order valence-corrected chi connectivity index (χ3v) is 3.13. The average molecular weight is 264 g/mol. The molecule has 106 valence electrons. The smallest absolute Gasteiger partial charge is 0.223 e. The molecule has 0 saturated carbocycles. The van der Waals surface area contributed by atoms with Crippen LogP contribution in [-0.2, 0) is 4.79 Å². The Bertz CT molecular complexity index is 419. The van der Waals surface area contributed by atoms with Crippen molar-refractivity contribution in [3.8, 4) is 5.75 Å². The van der Waals surface area contributed by atoms with Gasteiger partial charge in [0.25, 0.3) is 0 Å². The van der Waals surface area contributed by atoms with Crippen molar-refractivity contribution in [1.82, 2.24) is 5.32 Å². The van der Waals surface area contributed by atoms with E-state index in [9.17, 15) is 4.79 Å². The lowest BCUT2D eigenvalue weighted by Gasteiger charge is -2.11. The van der Waals surface area contributed by atoms with E-state index in [1.54, 1.807) is 0 Å². The molecule has 19 heavy (non-hydrogen) atoms. The minimum atomic E-state index is 0.00383. The number of hydrogen-bond donors (Lipinski definition) is 2. The SMILES string of the molecule is Cc1ccc(OCCC(=O)NCC(C)CN)cc1C. The molecule has 1 unspecified atom stereocenters. The zero-order valence-electron chi connectivity index (χ0n) is 12.0. The molecule has 0 spiro atoms. The summed E-state index contributed by atoms with van der Waals surface area (Å²) in [7, 11) is 0. The molecule has 1 aromatic carbocycles. The number of carbonyl (C=O) groups is 1. The van der Waals surface area contributed by atoms with Gasteiger partial charge in [-0.2, -0.15) is 0 Å². The topological polar surface area (TPSA) is 64.3 Å². The van der Waals surface area contributed by atoms with Crippen LogP contribution >= 0.6 is 0 Å². The average Bonchev–Trinajstić information content (AvgIpc) is 2.40. The monoisotopic (exact) mass is 264 g/mol. The maximum atomic E-state index is 11.5. The molecule has 1 rings (SSSR count). The van der Waals surface area contributed by atoms with Crippen molar-refractivity contribution in [2.75, 3.05) is 19.7 Å². The van der Waals surface area contributed by atoms with Gasteiger partial charge >= 0.3 is 0 Å². The van der Waals surface area contributed by atoms with Crippen LogP contribution in [0, 0.1) is 19.8 Å². The first kappa shape index (κ1) is 15.5. The zero-order chi connectivity index (χ0) is 14.3. The Labute approximate surface area is 115 Å². The van der Waals surface area contributed by atoms with Crippen molar-refractivity contribution >= 4 is 5.91 Å². The molecular weight excluding hydrogens is 240 g/mol. The number of amides is 1. The van der Waals surface area contributed by atoms with E-state index in [0.29, 0.717) is 32.0 Å². The zero-order valence-corrected chi connectivity index (χ0v) is 12.0. The number of benzene rings is 1. The van der Waals surface area contributed by atoms with Crippen LogP contribution < -0.4 is 15.8 Å². The number of aryl methyl sites for hydroxylation is 2. The van der Waals surface area contributed by atoms with E-state index >= 15 is 0 Å². The van der Waals surface area contributed by atoms with E-state index in [2.05, 4.69) is 12.2 Å². The Kier molecular flexibility index (Phi) is 6.36. The maximum Gasteiger partial charge on any atom is 0.223 e. The van der Waals surface area contributed by atoms with E-state index in [-0.39, 0.29) is 5.91 Å². The first-order valence-electron chi connectivity index (χ1n) is 6.69. The molecule has 0 saturated heterocycles. The summed E-state index contributed by atoms with van der Waals surface area (Å²) in [5.41, 5.74) is 7.91. The van der Waals surface area contributed by atoms with Crippen LogP contribution in [0.2, 0.25) is 0 Å². The number of nitrogens with one attached hydrogen (secondary N) is 1. The maximum absolute atomic E-state index is 11.5. The molecule has 4 heteroatoms. The molecule has 0 fully saturated rings. The summed E-state index contributed by atoms with van der Waals surface area (Å²) >= 11 is 0. The van der Waals surface area contributed by atoms with Gasteiger partial charge < -0.3 is 15.8 Å². The van der Waals surface area contributed by atoms with Crippen LogP contribution in [0.5, 0.6) is 5.75 Å². The quantitative estimate of drug-likeness (QED) is 0.789. The van der Waals surface area contributed by atoms with Crippen LogP contribution in [0.15, 0.2) is 18.2 Å². The van der Waals surface area contributed by atoms with Gasteiger partial charge in [-0.1, -0.05) is 13.0 Å². The summed E-state index contributed by atoms with van der Waals surface area (Å²) in [5, 5.41) is 2.84. The summed E-state index contributed by atoms with van der Waals surface area (Å²) in [6.45, 7) is 7.71. The lowest BCUT2D eigenvalue weighted by Crippen LogP contribution is -2.31. The third kappa shape index (κ3) is 5.75. The second kappa shape index (κ2) is 7.79. The fourth-order valence-corrected chi connectivity index (χ4v) is 1.53. The molecule has 1 atom stereocenters. The lowest BCUT2D eigenvalue weighted by molar-refractivity contribution is -0.121. The van der Waals surface area contributed by atoms with Crippen LogP contribution in [0.3, 0.4) is 0 Å². The molecule has 4 nitrogen and oxygen atoms in total. The second-order valence-electron chi connectivity index (χ2n) is 4.99. The van der Waals surface area contributed by atoms with E-state index in [1.165, 1.54) is 11.1 Å².